The van der Waals surface area contributed by atoms with Gasteiger partial charge in [-0.05, 0) is 174 Å². The minimum absolute atomic E-state index is 0.553. The van der Waals surface area contributed by atoms with Crippen LogP contribution in [-0.4, -0.2) is 0 Å². The Balaban J connectivity index is 1.76. The fourth-order valence-electron chi connectivity index (χ4n) is 9.96. The number of aryl methyl sites for hydroxylation is 1. The third kappa shape index (κ3) is 5.27. The summed E-state index contributed by atoms with van der Waals surface area (Å²) < 4.78 is 0. The number of hydrogen-bond donors (Lipinski definition) is 0. The Morgan fingerprint density at radius 2 is 1.24 bits per heavy atom. The first kappa shape index (κ1) is 32.4. The van der Waals surface area contributed by atoms with Crippen molar-refractivity contribution in [1.29, 1.82) is 0 Å². The van der Waals surface area contributed by atoms with E-state index in [-0.39, 0.29) is 0 Å². The van der Waals surface area contributed by atoms with Gasteiger partial charge in [-0.2, -0.15) is 0 Å². The average Bonchev–Trinajstić information content (AvgIpc) is 3.34. The molecule has 0 spiro atoms. The van der Waals surface area contributed by atoms with Crippen LogP contribution in [0.15, 0.2) is 6.07 Å². The molecule has 2 aliphatic carbocycles. The first-order valence-corrected chi connectivity index (χ1v) is 17.3. The van der Waals surface area contributed by atoms with Gasteiger partial charge in [0.1, 0.15) is 0 Å². The molecule has 0 N–H and O–H groups in total. The van der Waals surface area contributed by atoms with Crippen LogP contribution in [0, 0.1) is 76.0 Å². The molecule has 0 aromatic heterocycles. The normalized spacial score (nSPS) is 29.5. The smallest absolute Gasteiger partial charge is 0.00998 e. The quantitative estimate of drug-likeness (QED) is 0.318. The second-order valence-corrected chi connectivity index (χ2v) is 16.0. The SMILES string of the molecule is Cc1cc([C@H](C)[C@@H](C)[C@@H]2Cc3c(C)c(C)c(C4[C@@H](C)[C@@H](C)[C@@H](C)[C@H]4C)c(C)c3[C@@H]2C)c(C(C)C)c(CC(C)C)c1C. The van der Waals surface area contributed by atoms with Crippen molar-refractivity contribution in [3.63, 3.8) is 0 Å². The first-order chi connectivity index (χ1) is 19.0. The average molecular weight is 557 g/mol. The molecule has 0 radical (unpaired) electrons. The van der Waals surface area contributed by atoms with Crippen molar-refractivity contribution in [2.75, 3.05) is 0 Å². The highest BCUT2D eigenvalue weighted by atomic mass is 14.5. The van der Waals surface area contributed by atoms with Gasteiger partial charge in [-0.25, -0.2) is 0 Å². The maximum atomic E-state index is 2.59. The maximum Gasteiger partial charge on any atom is -0.00998 e. The molecule has 1 fully saturated rings. The van der Waals surface area contributed by atoms with Gasteiger partial charge < -0.3 is 0 Å². The van der Waals surface area contributed by atoms with Crippen LogP contribution in [0.3, 0.4) is 0 Å². The molecule has 1 unspecified atom stereocenters. The molecule has 2 aliphatic rings. The second-order valence-electron chi connectivity index (χ2n) is 16.0. The summed E-state index contributed by atoms with van der Waals surface area (Å²) in [5.41, 5.74) is 18.0. The van der Waals surface area contributed by atoms with Gasteiger partial charge in [0.05, 0.1) is 0 Å². The molecule has 0 nitrogen and oxygen atoms in total. The van der Waals surface area contributed by atoms with E-state index in [0.29, 0.717) is 41.4 Å². The van der Waals surface area contributed by atoms with Crippen LogP contribution in [-0.2, 0) is 12.8 Å². The van der Waals surface area contributed by atoms with E-state index in [1.807, 2.05) is 0 Å². The molecule has 0 saturated heterocycles. The number of hydrogen-bond acceptors (Lipinski definition) is 0. The van der Waals surface area contributed by atoms with Gasteiger partial charge >= 0.3 is 0 Å². The molecule has 1 saturated carbocycles. The van der Waals surface area contributed by atoms with Crippen molar-refractivity contribution in [2.45, 2.75) is 147 Å². The van der Waals surface area contributed by atoms with Gasteiger partial charge in [0.15, 0.2) is 0 Å². The standard InChI is InChI=1S/C41H64/c1-20(2)17-35-23(6)22(5)18-36(38(35)21(3)4)27(10)26(9)34-19-37-28(11)31(14)41(33(16)39(37)32(34)15)40-29(12)24(7)25(8)30(40)13/h18,20-21,24-27,29-30,32,34,40H,17,19H2,1-16H3/t24-,25+,26-,27-,29-,30+,32-,34+,40?/m1/s1. The first-order valence-electron chi connectivity index (χ1n) is 17.3. The number of rotatable bonds is 7. The molecule has 0 amide bonds. The monoisotopic (exact) mass is 557 g/mol. The molecule has 9 atom stereocenters. The lowest BCUT2D eigenvalue weighted by atomic mass is 9.71. The molecule has 228 valence electrons. The summed E-state index contributed by atoms with van der Waals surface area (Å²) >= 11 is 0. The Bertz CT molecular complexity index is 1260. The predicted octanol–water partition coefficient (Wildman–Crippen LogP) is 11.9. The van der Waals surface area contributed by atoms with Crippen LogP contribution < -0.4 is 0 Å². The summed E-state index contributed by atoms with van der Waals surface area (Å²) in [6, 6.07) is 2.58. The summed E-state index contributed by atoms with van der Waals surface area (Å²) in [6.07, 6.45) is 2.44. The van der Waals surface area contributed by atoms with E-state index in [1.54, 1.807) is 50.1 Å². The Hall–Kier alpha value is -1.56. The van der Waals surface area contributed by atoms with Crippen LogP contribution in [0.1, 0.15) is 161 Å². The summed E-state index contributed by atoms with van der Waals surface area (Å²) in [7, 11) is 0. The fraction of sp³-hybridized carbons (Fsp3) is 0.707. The van der Waals surface area contributed by atoms with Crippen molar-refractivity contribution < 1.29 is 0 Å². The minimum Gasteiger partial charge on any atom is -0.0625 e. The van der Waals surface area contributed by atoms with Crippen molar-refractivity contribution >= 4 is 0 Å². The zero-order valence-corrected chi connectivity index (χ0v) is 29.8. The van der Waals surface area contributed by atoms with E-state index >= 15 is 0 Å². The lowest BCUT2D eigenvalue weighted by molar-refractivity contribution is 0.291. The Morgan fingerprint density at radius 3 is 1.76 bits per heavy atom. The number of fused-ring (bicyclic) bond motifs is 1. The summed E-state index contributed by atoms with van der Waals surface area (Å²) in [4.78, 5) is 0. The lowest BCUT2D eigenvalue weighted by Gasteiger charge is -2.34. The van der Waals surface area contributed by atoms with Crippen LogP contribution in [0.25, 0.3) is 0 Å². The van der Waals surface area contributed by atoms with Crippen LogP contribution in [0.4, 0.5) is 0 Å². The highest BCUT2D eigenvalue weighted by Gasteiger charge is 2.45. The molecule has 2 aromatic carbocycles. The van der Waals surface area contributed by atoms with Gasteiger partial charge in [-0.1, -0.05) is 82.2 Å². The summed E-state index contributed by atoms with van der Waals surface area (Å²) in [5, 5.41) is 0. The zero-order valence-electron chi connectivity index (χ0n) is 29.8. The fourth-order valence-corrected chi connectivity index (χ4v) is 9.96. The van der Waals surface area contributed by atoms with Crippen molar-refractivity contribution in [3.8, 4) is 0 Å². The molecular weight excluding hydrogens is 492 g/mol. The topological polar surface area (TPSA) is 0 Å². The molecule has 2 aromatic rings. The highest BCUT2D eigenvalue weighted by molar-refractivity contribution is 5.56. The highest BCUT2D eigenvalue weighted by Crippen LogP contribution is 2.56. The molecule has 0 heteroatoms. The molecular formula is C41H64. The van der Waals surface area contributed by atoms with Gasteiger partial charge in [-0.3, -0.25) is 0 Å². The molecule has 41 heavy (non-hydrogen) atoms. The largest absolute Gasteiger partial charge is 0.0625 e. The predicted molar refractivity (Wildman–Crippen MR) is 182 cm³/mol. The van der Waals surface area contributed by atoms with E-state index in [1.165, 1.54) is 24.0 Å². The molecule has 4 rings (SSSR count). The van der Waals surface area contributed by atoms with Crippen LogP contribution >= 0.6 is 0 Å². The van der Waals surface area contributed by atoms with Crippen molar-refractivity contribution in [3.05, 3.63) is 67.3 Å². The van der Waals surface area contributed by atoms with E-state index in [0.717, 1.165) is 23.7 Å². The Labute approximate surface area is 255 Å². The van der Waals surface area contributed by atoms with Gasteiger partial charge in [-0.15, -0.1) is 0 Å². The number of benzene rings is 2. The van der Waals surface area contributed by atoms with Crippen molar-refractivity contribution in [2.24, 2.45) is 41.4 Å². The van der Waals surface area contributed by atoms with E-state index in [9.17, 15) is 0 Å². The maximum absolute atomic E-state index is 2.59. The summed E-state index contributed by atoms with van der Waals surface area (Å²) in [5.74, 6) is 7.51. The Kier molecular flexibility index (Phi) is 9.35. The third-order valence-electron chi connectivity index (χ3n) is 13.2. The zero-order chi connectivity index (χ0) is 30.8. The van der Waals surface area contributed by atoms with E-state index < -0.39 is 0 Å². The summed E-state index contributed by atoms with van der Waals surface area (Å²) in [6.45, 7) is 39.5. The van der Waals surface area contributed by atoms with Crippen LogP contribution in [0.5, 0.6) is 0 Å². The molecule has 0 bridgehead atoms. The Morgan fingerprint density at radius 1 is 0.683 bits per heavy atom. The minimum atomic E-state index is 0.553. The molecule has 0 heterocycles. The lowest BCUT2D eigenvalue weighted by Crippen LogP contribution is -2.23. The second kappa shape index (κ2) is 11.8. The van der Waals surface area contributed by atoms with Gasteiger partial charge in [0, 0.05) is 0 Å². The van der Waals surface area contributed by atoms with E-state index in [2.05, 4.69) is 117 Å². The van der Waals surface area contributed by atoms with Crippen LogP contribution in [0.2, 0.25) is 0 Å². The van der Waals surface area contributed by atoms with Gasteiger partial charge in [0.25, 0.3) is 0 Å². The molecule has 0 aliphatic heterocycles. The van der Waals surface area contributed by atoms with Crippen molar-refractivity contribution in [1.82, 2.24) is 0 Å². The van der Waals surface area contributed by atoms with E-state index in [4.69, 9.17) is 0 Å². The third-order valence-corrected chi connectivity index (χ3v) is 13.2. The van der Waals surface area contributed by atoms with Gasteiger partial charge in [0.2, 0.25) is 0 Å².